The van der Waals surface area contributed by atoms with Gasteiger partial charge in [0.2, 0.25) is 0 Å². The van der Waals surface area contributed by atoms with Crippen LogP contribution in [-0.2, 0) is 5.41 Å². The van der Waals surface area contributed by atoms with Crippen molar-refractivity contribution in [1.29, 1.82) is 0 Å². The van der Waals surface area contributed by atoms with Crippen molar-refractivity contribution in [2.75, 3.05) is 4.90 Å². The Bertz CT molecular complexity index is 3460. The molecule has 1 aromatic heterocycles. The van der Waals surface area contributed by atoms with Gasteiger partial charge in [0.05, 0.1) is 11.1 Å². The van der Waals surface area contributed by atoms with Crippen molar-refractivity contribution in [3.8, 4) is 44.5 Å². The van der Waals surface area contributed by atoms with Crippen LogP contribution in [0.5, 0.6) is 0 Å². The molecule has 2 nitrogen and oxygen atoms in total. The second kappa shape index (κ2) is 13.0. The number of fused-ring (bicyclic) bond motifs is 15. The molecule has 2 aliphatic rings. The van der Waals surface area contributed by atoms with Crippen LogP contribution in [0.4, 0.5) is 17.1 Å². The minimum atomic E-state index is -0.470. The van der Waals surface area contributed by atoms with Gasteiger partial charge in [0.15, 0.2) is 5.58 Å². The molecule has 2 aliphatic carbocycles. The van der Waals surface area contributed by atoms with E-state index < -0.39 is 5.41 Å². The van der Waals surface area contributed by atoms with Crippen LogP contribution < -0.4 is 4.90 Å². The number of hydrogen-bond donors (Lipinski definition) is 0. The Morgan fingerprint density at radius 1 is 0.344 bits per heavy atom. The fourth-order valence-corrected chi connectivity index (χ4v) is 10.7. The summed E-state index contributed by atoms with van der Waals surface area (Å²) in [6, 6.07) is 82.1. The predicted octanol–water partition coefficient (Wildman–Crippen LogP) is 15.9. The van der Waals surface area contributed by atoms with E-state index in [1.54, 1.807) is 0 Å². The second-order valence-electron chi connectivity index (χ2n) is 16.3. The van der Waals surface area contributed by atoms with Gasteiger partial charge >= 0.3 is 0 Å². The molecular formula is C59H37NO. The summed E-state index contributed by atoms with van der Waals surface area (Å²) in [4.78, 5) is 2.42. The van der Waals surface area contributed by atoms with Gasteiger partial charge in [-0.05, 0) is 114 Å². The zero-order chi connectivity index (χ0) is 40.1. The monoisotopic (exact) mass is 775 g/mol. The summed E-state index contributed by atoms with van der Waals surface area (Å²) in [7, 11) is 0. The fraction of sp³-hybridized carbons (Fsp3) is 0.0169. The van der Waals surface area contributed by atoms with E-state index in [2.05, 4.69) is 229 Å². The molecule has 0 fully saturated rings. The third kappa shape index (κ3) is 4.79. The molecule has 0 bridgehead atoms. The first-order valence-electron chi connectivity index (χ1n) is 21.1. The van der Waals surface area contributed by atoms with E-state index >= 15 is 0 Å². The highest BCUT2D eigenvalue weighted by Crippen LogP contribution is 2.63. The molecule has 0 saturated heterocycles. The molecule has 61 heavy (non-hydrogen) atoms. The lowest BCUT2D eigenvalue weighted by molar-refractivity contribution is 0.669. The Balaban J connectivity index is 1.11. The van der Waals surface area contributed by atoms with Crippen LogP contribution >= 0.6 is 0 Å². The van der Waals surface area contributed by atoms with Gasteiger partial charge in [0, 0.05) is 22.1 Å². The Morgan fingerprint density at radius 3 is 1.54 bits per heavy atom. The fourth-order valence-electron chi connectivity index (χ4n) is 10.7. The van der Waals surface area contributed by atoms with Crippen LogP contribution in [0.15, 0.2) is 229 Å². The highest BCUT2D eigenvalue weighted by molar-refractivity contribution is 6.25. The number of nitrogens with zero attached hydrogens (tertiary/aromatic N) is 1. The van der Waals surface area contributed by atoms with E-state index in [9.17, 15) is 0 Å². The van der Waals surface area contributed by atoms with Crippen molar-refractivity contribution in [1.82, 2.24) is 0 Å². The van der Waals surface area contributed by atoms with Crippen LogP contribution in [-0.4, -0.2) is 0 Å². The standard InChI is InChI=1S/C59H37NO/c1-3-15-38(16-4-1)39-27-30-42(31-28-39)60(54-35-34-45(40-17-5-2-6-18-40)57-56-44-20-8-7-19-41(44)29-36-55(56)61-58(54)57)43-32-33-49-48-23-11-14-26-52(48)59(53(49)37-43)50-24-12-9-21-46(50)47-22-10-13-25-51(47)59/h1-37H. The molecular weight excluding hydrogens is 739 g/mol. The van der Waals surface area contributed by atoms with E-state index in [0.717, 1.165) is 50.1 Å². The molecule has 0 saturated carbocycles. The molecule has 1 heterocycles. The average Bonchev–Trinajstić information content (AvgIpc) is 3.98. The quantitative estimate of drug-likeness (QED) is 0.173. The van der Waals surface area contributed by atoms with Crippen molar-refractivity contribution in [2.24, 2.45) is 0 Å². The molecule has 0 aliphatic heterocycles. The third-order valence-electron chi connectivity index (χ3n) is 13.3. The number of benzene rings is 10. The van der Waals surface area contributed by atoms with Gasteiger partial charge < -0.3 is 9.32 Å². The average molecular weight is 776 g/mol. The maximum atomic E-state index is 7.16. The van der Waals surface area contributed by atoms with Gasteiger partial charge in [0.1, 0.15) is 5.58 Å². The molecule has 284 valence electrons. The molecule has 0 radical (unpaired) electrons. The van der Waals surface area contributed by atoms with Gasteiger partial charge in [-0.15, -0.1) is 0 Å². The number of rotatable bonds is 5. The van der Waals surface area contributed by atoms with Crippen LogP contribution in [0, 0.1) is 0 Å². The van der Waals surface area contributed by atoms with Crippen LogP contribution in [0.1, 0.15) is 22.3 Å². The summed E-state index contributed by atoms with van der Waals surface area (Å²) in [5.41, 5.74) is 19.5. The minimum absolute atomic E-state index is 0.470. The van der Waals surface area contributed by atoms with E-state index in [4.69, 9.17) is 4.42 Å². The highest BCUT2D eigenvalue weighted by Gasteiger charge is 2.51. The summed E-state index contributed by atoms with van der Waals surface area (Å²) < 4.78 is 7.16. The zero-order valence-corrected chi connectivity index (χ0v) is 33.2. The number of hydrogen-bond acceptors (Lipinski definition) is 2. The number of anilines is 3. The van der Waals surface area contributed by atoms with Gasteiger partial charge in [-0.25, -0.2) is 0 Å². The van der Waals surface area contributed by atoms with E-state index in [0.29, 0.717) is 0 Å². The van der Waals surface area contributed by atoms with Crippen molar-refractivity contribution in [3.05, 3.63) is 247 Å². The van der Waals surface area contributed by atoms with Gasteiger partial charge in [-0.1, -0.05) is 188 Å². The summed E-state index contributed by atoms with van der Waals surface area (Å²) in [5.74, 6) is 0. The Labute approximate surface area is 354 Å². The second-order valence-corrected chi connectivity index (χ2v) is 16.3. The van der Waals surface area contributed by atoms with Crippen LogP contribution in [0.2, 0.25) is 0 Å². The minimum Gasteiger partial charge on any atom is -0.454 e. The van der Waals surface area contributed by atoms with Crippen molar-refractivity contribution in [2.45, 2.75) is 5.41 Å². The summed E-state index contributed by atoms with van der Waals surface area (Å²) in [5, 5.41) is 4.62. The molecule has 10 aromatic carbocycles. The summed E-state index contributed by atoms with van der Waals surface area (Å²) in [6.07, 6.45) is 0. The van der Waals surface area contributed by atoms with Crippen molar-refractivity contribution >= 4 is 49.8 Å². The maximum Gasteiger partial charge on any atom is 0.160 e. The van der Waals surface area contributed by atoms with Gasteiger partial charge in [-0.2, -0.15) is 0 Å². The number of furan rings is 1. The first-order valence-corrected chi connectivity index (χ1v) is 21.1. The predicted molar refractivity (Wildman–Crippen MR) is 253 cm³/mol. The highest BCUT2D eigenvalue weighted by atomic mass is 16.3. The maximum absolute atomic E-state index is 7.16. The normalized spacial score (nSPS) is 13.0. The van der Waals surface area contributed by atoms with E-state index in [1.165, 1.54) is 66.4 Å². The molecule has 0 N–H and O–H groups in total. The summed E-state index contributed by atoms with van der Waals surface area (Å²) >= 11 is 0. The lowest BCUT2D eigenvalue weighted by atomic mass is 9.70. The molecule has 0 amide bonds. The Morgan fingerprint density at radius 2 is 0.869 bits per heavy atom. The molecule has 0 atom stereocenters. The molecule has 2 heteroatoms. The lowest BCUT2D eigenvalue weighted by Crippen LogP contribution is -2.26. The first-order chi connectivity index (χ1) is 30.3. The molecule has 13 rings (SSSR count). The van der Waals surface area contributed by atoms with Crippen molar-refractivity contribution in [3.63, 3.8) is 0 Å². The topological polar surface area (TPSA) is 16.4 Å². The zero-order valence-electron chi connectivity index (χ0n) is 33.2. The van der Waals surface area contributed by atoms with Gasteiger partial charge in [0.25, 0.3) is 0 Å². The van der Waals surface area contributed by atoms with Crippen LogP contribution in [0.3, 0.4) is 0 Å². The van der Waals surface area contributed by atoms with Crippen molar-refractivity contribution < 1.29 is 4.42 Å². The molecule has 11 aromatic rings. The molecule has 0 unspecified atom stereocenters. The van der Waals surface area contributed by atoms with E-state index in [-0.39, 0.29) is 0 Å². The van der Waals surface area contributed by atoms with E-state index in [1.807, 2.05) is 0 Å². The Hall–Kier alpha value is -7.94. The smallest absolute Gasteiger partial charge is 0.160 e. The Kier molecular flexibility index (Phi) is 7.26. The molecule has 1 spiro atoms. The first kappa shape index (κ1) is 34.0. The SMILES string of the molecule is c1ccc(-c2ccc(N(c3ccc4c(c3)C3(c5ccccc5-c5ccccc53)c3ccccc3-4)c3ccc(-c4ccccc4)c4c3oc3ccc5ccccc5c34)cc2)cc1. The third-order valence-corrected chi connectivity index (χ3v) is 13.3. The largest absolute Gasteiger partial charge is 0.454 e. The lowest BCUT2D eigenvalue weighted by Gasteiger charge is -2.32. The van der Waals surface area contributed by atoms with Crippen LogP contribution in [0.25, 0.3) is 77.2 Å². The van der Waals surface area contributed by atoms with Gasteiger partial charge in [-0.3, -0.25) is 0 Å². The summed E-state index contributed by atoms with van der Waals surface area (Å²) in [6.45, 7) is 0.